The van der Waals surface area contributed by atoms with E-state index in [0.29, 0.717) is 11.1 Å². The number of nitro benzene ring substituents is 1. The van der Waals surface area contributed by atoms with Gasteiger partial charge in [-0.15, -0.1) is 0 Å². The minimum absolute atomic E-state index is 0.0400. The number of benzene rings is 2. The van der Waals surface area contributed by atoms with Gasteiger partial charge in [-0.2, -0.15) is 0 Å². The van der Waals surface area contributed by atoms with Crippen LogP contribution in [0, 0.1) is 15.9 Å². The monoisotopic (exact) mass is 372 g/mol. The summed E-state index contributed by atoms with van der Waals surface area (Å²) in [5, 5.41) is 13.9. The Bertz CT molecular complexity index is 1030. The summed E-state index contributed by atoms with van der Waals surface area (Å²) in [7, 11) is 1.46. The second-order valence-corrected chi connectivity index (χ2v) is 6.07. The molecule has 1 aromatic heterocycles. The number of carbonyl (C=O) groups is 1. The molecule has 0 radical (unpaired) electrons. The van der Waals surface area contributed by atoms with Gasteiger partial charge in [0, 0.05) is 24.7 Å². The maximum atomic E-state index is 13.3. The van der Waals surface area contributed by atoms with E-state index in [1.807, 2.05) is 0 Å². The molecule has 1 heterocycles. The molecule has 27 heavy (non-hydrogen) atoms. The van der Waals surface area contributed by atoms with Crippen molar-refractivity contribution in [3.8, 4) is 17.1 Å². The molecular weight excluding hydrogens is 355 g/mol. The highest BCUT2D eigenvalue weighted by Gasteiger charge is 2.24. The zero-order chi connectivity index (χ0) is 19.7. The van der Waals surface area contributed by atoms with E-state index in [9.17, 15) is 19.3 Å². The van der Waals surface area contributed by atoms with Crippen LogP contribution in [0.15, 0.2) is 36.4 Å². The van der Waals surface area contributed by atoms with Crippen molar-refractivity contribution in [2.75, 3.05) is 7.05 Å². The molecule has 1 amide bonds. The summed E-state index contributed by atoms with van der Waals surface area (Å²) in [6.07, 6.45) is -0.297. The summed E-state index contributed by atoms with van der Waals surface area (Å²) in [6, 6.07) is 7.66. The van der Waals surface area contributed by atoms with Gasteiger partial charge < -0.3 is 10.1 Å². The molecule has 0 aliphatic rings. The molecule has 0 fully saturated rings. The highest BCUT2D eigenvalue weighted by Crippen LogP contribution is 2.35. The van der Waals surface area contributed by atoms with Gasteiger partial charge in [-0.3, -0.25) is 10.1 Å². The first-order valence-electron chi connectivity index (χ1n) is 8.17. The maximum absolute atomic E-state index is 13.3. The van der Waals surface area contributed by atoms with Gasteiger partial charge in [-0.1, -0.05) is 0 Å². The van der Waals surface area contributed by atoms with Gasteiger partial charge in [0.15, 0.2) is 5.75 Å². The second-order valence-electron chi connectivity index (χ2n) is 6.07. The van der Waals surface area contributed by atoms with E-state index in [-0.39, 0.29) is 28.9 Å². The third kappa shape index (κ3) is 3.43. The van der Waals surface area contributed by atoms with E-state index in [0.717, 1.165) is 0 Å². The quantitative estimate of drug-likeness (QED) is 0.556. The van der Waals surface area contributed by atoms with E-state index in [1.54, 1.807) is 13.8 Å². The number of fused-ring (bicyclic) bond motifs is 1. The van der Waals surface area contributed by atoms with Crippen LogP contribution in [-0.2, 0) is 0 Å². The summed E-state index contributed by atoms with van der Waals surface area (Å²) in [5.74, 6) is -0.150. The van der Waals surface area contributed by atoms with Crippen molar-refractivity contribution in [1.82, 2.24) is 14.9 Å². The highest BCUT2D eigenvalue weighted by molar-refractivity contribution is 5.95. The Morgan fingerprint density at radius 2 is 1.96 bits per heavy atom. The SMILES string of the molecule is CNC(=O)n1c(-c2ccc(F)cc2)nc2cc([N+](=O)[O-])c(OC(C)C)cc21. The number of rotatable bonds is 4. The fourth-order valence-corrected chi connectivity index (χ4v) is 2.69. The summed E-state index contributed by atoms with van der Waals surface area (Å²) in [6.45, 7) is 3.49. The Morgan fingerprint density at radius 1 is 1.30 bits per heavy atom. The van der Waals surface area contributed by atoms with Gasteiger partial charge in [0.25, 0.3) is 0 Å². The van der Waals surface area contributed by atoms with Crippen molar-refractivity contribution in [2.45, 2.75) is 20.0 Å². The van der Waals surface area contributed by atoms with Crippen LogP contribution in [-0.4, -0.2) is 33.7 Å². The number of ether oxygens (including phenoxy) is 1. The minimum atomic E-state index is -0.562. The largest absolute Gasteiger partial charge is 0.484 e. The van der Waals surface area contributed by atoms with Gasteiger partial charge >= 0.3 is 11.7 Å². The summed E-state index contributed by atoms with van der Waals surface area (Å²) in [4.78, 5) is 27.7. The number of halogens is 1. The first-order chi connectivity index (χ1) is 12.8. The van der Waals surface area contributed by atoms with Crippen LogP contribution in [0.3, 0.4) is 0 Å². The standard InChI is InChI=1S/C18H17FN4O4/c1-10(2)27-16-9-14-13(8-15(16)23(25)26)21-17(22(14)18(24)20-3)11-4-6-12(19)7-5-11/h4-10H,1-3H3,(H,20,24). The predicted molar refractivity (Wildman–Crippen MR) is 97.4 cm³/mol. The lowest BCUT2D eigenvalue weighted by Gasteiger charge is -2.11. The summed E-state index contributed by atoms with van der Waals surface area (Å²) in [5.41, 5.74) is 0.837. The Hall–Kier alpha value is -3.49. The van der Waals surface area contributed by atoms with Crippen LogP contribution in [0.25, 0.3) is 22.4 Å². The lowest BCUT2D eigenvalue weighted by molar-refractivity contribution is -0.385. The smallest absolute Gasteiger partial charge is 0.327 e. The molecule has 0 atom stereocenters. The maximum Gasteiger partial charge on any atom is 0.327 e. The molecule has 9 heteroatoms. The predicted octanol–water partition coefficient (Wildman–Crippen LogP) is 3.73. The average molecular weight is 372 g/mol. The Labute approximate surface area is 153 Å². The number of carbonyl (C=O) groups excluding carboxylic acids is 1. The molecule has 3 rings (SSSR count). The van der Waals surface area contributed by atoms with E-state index < -0.39 is 16.8 Å². The third-order valence-electron chi connectivity index (χ3n) is 3.81. The van der Waals surface area contributed by atoms with Gasteiger partial charge in [0.2, 0.25) is 0 Å². The van der Waals surface area contributed by atoms with Gasteiger partial charge in [-0.05, 0) is 38.1 Å². The van der Waals surface area contributed by atoms with Crippen molar-refractivity contribution < 1.29 is 18.8 Å². The number of nitrogens with zero attached hydrogens (tertiary/aromatic N) is 3. The highest BCUT2D eigenvalue weighted by atomic mass is 19.1. The molecule has 0 aliphatic heterocycles. The van der Waals surface area contributed by atoms with Gasteiger partial charge in [0.1, 0.15) is 11.6 Å². The number of imidazole rings is 1. The number of hydrogen-bond donors (Lipinski definition) is 1. The van der Waals surface area contributed by atoms with E-state index in [1.165, 1.54) is 48.0 Å². The van der Waals surface area contributed by atoms with Crippen molar-refractivity contribution >= 4 is 22.8 Å². The van der Waals surface area contributed by atoms with Crippen LogP contribution in [0.4, 0.5) is 14.9 Å². The zero-order valence-electron chi connectivity index (χ0n) is 14.9. The fraction of sp³-hybridized carbons (Fsp3) is 0.222. The summed E-state index contributed by atoms with van der Waals surface area (Å²) < 4.78 is 20.1. The molecule has 0 saturated heterocycles. The fourth-order valence-electron chi connectivity index (χ4n) is 2.69. The second kappa shape index (κ2) is 7.02. The molecule has 0 unspecified atom stereocenters. The number of nitro groups is 1. The molecular formula is C18H17FN4O4. The number of hydrogen-bond acceptors (Lipinski definition) is 5. The Balaban J connectivity index is 2.32. The van der Waals surface area contributed by atoms with Gasteiger partial charge in [0.05, 0.1) is 22.1 Å². The Morgan fingerprint density at radius 3 is 2.52 bits per heavy atom. The molecule has 0 saturated carbocycles. The van der Waals surface area contributed by atoms with Crippen LogP contribution in [0.1, 0.15) is 13.8 Å². The first-order valence-corrected chi connectivity index (χ1v) is 8.17. The van der Waals surface area contributed by atoms with Crippen molar-refractivity contribution in [1.29, 1.82) is 0 Å². The van der Waals surface area contributed by atoms with Crippen LogP contribution in [0.5, 0.6) is 5.75 Å². The topological polar surface area (TPSA) is 99.3 Å². The molecule has 8 nitrogen and oxygen atoms in total. The molecule has 140 valence electrons. The van der Waals surface area contributed by atoms with E-state index >= 15 is 0 Å². The molecule has 0 bridgehead atoms. The van der Waals surface area contributed by atoms with E-state index in [4.69, 9.17) is 4.74 Å². The molecule has 0 spiro atoms. The normalized spacial score (nSPS) is 11.0. The van der Waals surface area contributed by atoms with Crippen LogP contribution >= 0.6 is 0 Å². The molecule has 3 aromatic rings. The van der Waals surface area contributed by atoms with Crippen molar-refractivity contribution in [2.24, 2.45) is 0 Å². The van der Waals surface area contributed by atoms with Crippen LogP contribution < -0.4 is 10.1 Å². The summed E-state index contributed by atoms with van der Waals surface area (Å²) >= 11 is 0. The first kappa shape index (κ1) is 18.3. The average Bonchev–Trinajstić information content (AvgIpc) is 2.98. The Kier molecular flexibility index (Phi) is 4.76. The molecule has 1 N–H and O–H groups in total. The number of nitrogens with one attached hydrogen (secondary N) is 1. The molecule has 0 aliphatic carbocycles. The lowest BCUT2D eigenvalue weighted by atomic mass is 10.2. The van der Waals surface area contributed by atoms with Crippen molar-refractivity contribution in [3.63, 3.8) is 0 Å². The molecule has 2 aromatic carbocycles. The van der Waals surface area contributed by atoms with Crippen LogP contribution in [0.2, 0.25) is 0 Å². The number of amides is 1. The van der Waals surface area contributed by atoms with E-state index in [2.05, 4.69) is 10.3 Å². The number of aromatic nitrogens is 2. The van der Waals surface area contributed by atoms with Gasteiger partial charge in [-0.25, -0.2) is 18.7 Å². The lowest BCUT2D eigenvalue weighted by Crippen LogP contribution is -2.25. The third-order valence-corrected chi connectivity index (χ3v) is 3.81. The zero-order valence-corrected chi connectivity index (χ0v) is 14.9. The van der Waals surface area contributed by atoms with Crippen molar-refractivity contribution in [3.05, 3.63) is 52.3 Å². The minimum Gasteiger partial charge on any atom is -0.484 e.